The van der Waals surface area contributed by atoms with Crippen molar-refractivity contribution >= 4 is 33.6 Å². The third-order valence-electron chi connectivity index (χ3n) is 2.34. The normalized spacial score (nSPS) is 12.5. The maximum atomic E-state index is 11.8. The molecular weight excluding hydrogens is 346 g/mol. The van der Waals surface area contributed by atoms with Gasteiger partial charge in [0.25, 0.3) is 5.91 Å². The number of alkyl halides is 1. The lowest BCUT2D eigenvalue weighted by Crippen LogP contribution is -2.21. The fourth-order valence-corrected chi connectivity index (χ4v) is 2.43. The summed E-state index contributed by atoms with van der Waals surface area (Å²) in [7, 11) is 0. The highest BCUT2D eigenvalue weighted by atomic mass is 79.9. The molecular formula is C17H22BrNOS. The van der Waals surface area contributed by atoms with E-state index in [0.717, 1.165) is 26.4 Å². The highest BCUT2D eigenvalue weighted by Crippen LogP contribution is 2.33. The average Bonchev–Trinajstić information content (AvgIpc) is 2.66. The first-order chi connectivity index (χ1) is 10.1. The smallest absolute Gasteiger partial charge is 0.256 e. The number of nitrogens with one attached hydrogen (secondary N) is 1. The second-order valence-electron chi connectivity index (χ2n) is 3.67. The van der Waals surface area contributed by atoms with Gasteiger partial charge in [-0.15, -0.1) is 6.58 Å². The number of rotatable bonds is 2. The Morgan fingerprint density at radius 1 is 1.29 bits per heavy atom. The molecule has 1 amide bonds. The van der Waals surface area contributed by atoms with Gasteiger partial charge in [0.2, 0.25) is 0 Å². The Labute approximate surface area is 140 Å². The van der Waals surface area contributed by atoms with Crippen LogP contribution in [0.4, 0.5) is 0 Å². The predicted octanol–water partition coefficient (Wildman–Crippen LogP) is 5.53. The number of carbonyl (C=O) groups is 1. The van der Waals surface area contributed by atoms with Crippen molar-refractivity contribution in [1.82, 2.24) is 5.32 Å². The van der Waals surface area contributed by atoms with Crippen LogP contribution in [-0.2, 0) is 0 Å². The van der Waals surface area contributed by atoms with E-state index >= 15 is 0 Å². The minimum absolute atomic E-state index is 0.0650. The second kappa shape index (κ2) is 11.4. The molecule has 1 aliphatic rings. The third kappa shape index (κ3) is 6.36. The van der Waals surface area contributed by atoms with E-state index in [4.69, 9.17) is 0 Å². The molecule has 0 saturated carbocycles. The van der Waals surface area contributed by atoms with Gasteiger partial charge >= 0.3 is 0 Å². The van der Waals surface area contributed by atoms with E-state index in [2.05, 4.69) is 34.4 Å². The number of benzene rings is 1. The summed E-state index contributed by atoms with van der Waals surface area (Å²) < 4.78 is 0. The third-order valence-corrected chi connectivity index (χ3v) is 3.90. The molecule has 0 aliphatic carbocycles. The molecule has 1 aromatic rings. The molecule has 0 fully saturated rings. The average molecular weight is 368 g/mol. The van der Waals surface area contributed by atoms with Crippen molar-refractivity contribution in [2.75, 3.05) is 5.33 Å². The summed E-state index contributed by atoms with van der Waals surface area (Å²) in [4.78, 5) is 13.9. The zero-order chi connectivity index (χ0) is 16.3. The van der Waals surface area contributed by atoms with Crippen molar-refractivity contribution in [2.24, 2.45) is 0 Å². The number of hydrogen-bond donors (Lipinski definition) is 1. The quantitative estimate of drug-likeness (QED) is 0.549. The zero-order valence-corrected chi connectivity index (χ0v) is 15.2. The van der Waals surface area contributed by atoms with Gasteiger partial charge in [0.15, 0.2) is 0 Å². The van der Waals surface area contributed by atoms with Gasteiger partial charge in [-0.1, -0.05) is 66.3 Å². The molecule has 4 heteroatoms. The molecule has 0 radical (unpaired) electrons. The Hall–Kier alpha value is -1.26. The largest absolute Gasteiger partial charge is 0.321 e. The van der Waals surface area contributed by atoms with Gasteiger partial charge in [-0.2, -0.15) is 0 Å². The van der Waals surface area contributed by atoms with Gasteiger partial charge in [0.05, 0.1) is 11.3 Å². The topological polar surface area (TPSA) is 29.1 Å². The van der Waals surface area contributed by atoms with Gasteiger partial charge < -0.3 is 5.32 Å². The van der Waals surface area contributed by atoms with Crippen LogP contribution in [0, 0.1) is 0 Å². The fourth-order valence-electron chi connectivity index (χ4n) is 1.44. The van der Waals surface area contributed by atoms with E-state index in [-0.39, 0.29) is 5.91 Å². The van der Waals surface area contributed by atoms with Gasteiger partial charge in [-0.05, 0) is 25.1 Å². The Kier molecular flexibility index (Phi) is 10.7. The molecule has 0 aromatic heterocycles. The van der Waals surface area contributed by atoms with Crippen LogP contribution >= 0.6 is 27.7 Å². The number of carbonyl (C=O) groups excluding carboxylic acids is 1. The molecule has 21 heavy (non-hydrogen) atoms. The summed E-state index contributed by atoms with van der Waals surface area (Å²) in [5.74, 6) is -0.0650. The van der Waals surface area contributed by atoms with Crippen LogP contribution in [0.2, 0.25) is 0 Å². The molecule has 2 nitrogen and oxygen atoms in total. The lowest BCUT2D eigenvalue weighted by Gasteiger charge is -2.03. The molecule has 1 N–H and O–H groups in total. The first-order valence-electron chi connectivity index (χ1n) is 6.72. The zero-order valence-electron chi connectivity index (χ0n) is 12.8. The minimum atomic E-state index is -0.0650. The summed E-state index contributed by atoms with van der Waals surface area (Å²) in [6, 6.07) is 7.59. The van der Waals surface area contributed by atoms with Gasteiger partial charge in [-0.3, -0.25) is 4.79 Å². The predicted molar refractivity (Wildman–Crippen MR) is 98.0 cm³/mol. The fraction of sp³-hybridized carbons (Fsp3) is 0.235. The molecule has 1 heterocycles. The van der Waals surface area contributed by atoms with E-state index in [1.165, 1.54) is 0 Å². The number of fused-ring (bicyclic) bond motifs is 1. The van der Waals surface area contributed by atoms with E-state index < -0.39 is 0 Å². The van der Waals surface area contributed by atoms with E-state index in [0.29, 0.717) is 0 Å². The first-order valence-corrected chi connectivity index (χ1v) is 8.66. The van der Waals surface area contributed by atoms with Crippen molar-refractivity contribution in [3.63, 3.8) is 0 Å². The van der Waals surface area contributed by atoms with E-state index in [9.17, 15) is 4.79 Å². The molecule has 0 saturated heterocycles. The molecule has 114 valence electrons. The molecule has 2 rings (SSSR count). The molecule has 1 aliphatic heterocycles. The summed E-state index contributed by atoms with van der Waals surface area (Å²) in [6.07, 6.45) is 3.46. The molecule has 0 spiro atoms. The highest BCUT2D eigenvalue weighted by molar-refractivity contribution is 9.09. The maximum Gasteiger partial charge on any atom is 0.256 e. The Bertz CT molecular complexity index is 523. The number of allylic oxidation sites excluding steroid dienone is 3. The van der Waals surface area contributed by atoms with Crippen molar-refractivity contribution in [2.45, 2.75) is 25.7 Å². The molecule has 0 unspecified atom stereocenters. The second-order valence-corrected chi connectivity index (χ2v) is 5.57. The summed E-state index contributed by atoms with van der Waals surface area (Å²) >= 11 is 4.72. The van der Waals surface area contributed by atoms with Crippen molar-refractivity contribution in [3.8, 4) is 0 Å². The Morgan fingerprint density at radius 2 is 1.86 bits per heavy atom. The molecule has 1 aromatic carbocycles. The van der Waals surface area contributed by atoms with Gasteiger partial charge in [-0.25, -0.2) is 0 Å². The van der Waals surface area contributed by atoms with Crippen molar-refractivity contribution in [3.05, 3.63) is 65.7 Å². The molecule has 0 atom stereocenters. The summed E-state index contributed by atoms with van der Waals surface area (Å²) in [5.41, 5.74) is 1.51. The standard InChI is InChI=1S/C12H11NOS.C3H5Br.C2H6/c1-3-10-8(2)15-11-7-5-4-6-9(11)12(14)13-10;1-2-3-4;1-2/h3-7H,1H2,2H3,(H,13,14);2H,1,3H2;1-2H3. The van der Waals surface area contributed by atoms with Crippen molar-refractivity contribution < 1.29 is 4.79 Å². The Morgan fingerprint density at radius 3 is 2.38 bits per heavy atom. The van der Waals surface area contributed by atoms with Crippen LogP contribution in [0.1, 0.15) is 31.1 Å². The van der Waals surface area contributed by atoms with Crippen molar-refractivity contribution in [1.29, 1.82) is 0 Å². The number of halogens is 1. The van der Waals surface area contributed by atoms with Crippen LogP contribution in [0.15, 0.2) is 65.1 Å². The van der Waals surface area contributed by atoms with Crippen LogP contribution in [0.3, 0.4) is 0 Å². The summed E-state index contributed by atoms with van der Waals surface area (Å²) in [6.45, 7) is 13.1. The first kappa shape index (κ1) is 19.7. The minimum Gasteiger partial charge on any atom is -0.321 e. The number of thioether (sulfide) groups is 1. The van der Waals surface area contributed by atoms with Crippen LogP contribution in [0.25, 0.3) is 0 Å². The van der Waals surface area contributed by atoms with E-state index in [1.54, 1.807) is 23.9 Å². The van der Waals surface area contributed by atoms with Crippen LogP contribution < -0.4 is 5.32 Å². The van der Waals surface area contributed by atoms with Crippen LogP contribution in [-0.4, -0.2) is 11.2 Å². The number of amides is 1. The van der Waals surface area contributed by atoms with E-state index in [1.807, 2.05) is 45.0 Å². The lowest BCUT2D eigenvalue weighted by molar-refractivity contribution is 0.0964. The maximum absolute atomic E-state index is 11.8. The monoisotopic (exact) mass is 367 g/mol. The Balaban J connectivity index is 0.000000579. The lowest BCUT2D eigenvalue weighted by atomic mass is 10.2. The SMILES string of the molecule is C=CC1=C(C)Sc2ccccc2C(=O)N1.C=CCBr.CC. The summed E-state index contributed by atoms with van der Waals surface area (Å²) in [5, 5.41) is 3.73. The van der Waals surface area contributed by atoms with Gasteiger partial charge in [0, 0.05) is 15.1 Å². The van der Waals surface area contributed by atoms with Crippen LogP contribution in [0.5, 0.6) is 0 Å². The molecule has 0 bridgehead atoms. The highest BCUT2D eigenvalue weighted by Gasteiger charge is 2.17. The van der Waals surface area contributed by atoms with Gasteiger partial charge in [0.1, 0.15) is 0 Å². The number of hydrogen-bond acceptors (Lipinski definition) is 2.